The van der Waals surface area contributed by atoms with Crippen molar-refractivity contribution in [1.29, 1.82) is 0 Å². The van der Waals surface area contributed by atoms with Gasteiger partial charge >= 0.3 is 0 Å². The fourth-order valence-electron chi connectivity index (χ4n) is 1.58. The van der Waals surface area contributed by atoms with Crippen LogP contribution >= 0.6 is 0 Å². The van der Waals surface area contributed by atoms with E-state index in [1.807, 2.05) is 38.1 Å². The number of ether oxygens (including phenoxy) is 1. The van der Waals surface area contributed by atoms with Crippen molar-refractivity contribution in [1.82, 2.24) is 5.32 Å². The lowest BCUT2D eigenvalue weighted by Crippen LogP contribution is -2.28. The summed E-state index contributed by atoms with van der Waals surface area (Å²) in [5, 5.41) is 2.82. The molecular formula is C14H22N2O2. The highest BCUT2D eigenvalue weighted by Gasteiger charge is 2.04. The zero-order valence-corrected chi connectivity index (χ0v) is 11.1. The molecule has 100 valence electrons. The summed E-state index contributed by atoms with van der Waals surface area (Å²) in [4.78, 5) is 11.6. The van der Waals surface area contributed by atoms with Crippen molar-refractivity contribution in [2.75, 3.05) is 18.9 Å². The minimum absolute atomic E-state index is 0.0330. The molecule has 0 saturated heterocycles. The first-order valence-corrected chi connectivity index (χ1v) is 6.31. The van der Waals surface area contributed by atoms with E-state index in [1.54, 1.807) is 0 Å². The van der Waals surface area contributed by atoms with Crippen molar-refractivity contribution in [3.05, 3.63) is 29.8 Å². The predicted octanol–water partition coefficient (Wildman–Crippen LogP) is 1.74. The number of amides is 1. The second-order valence-electron chi connectivity index (χ2n) is 4.47. The summed E-state index contributed by atoms with van der Waals surface area (Å²) in [5.74, 6) is 0.0330. The number of aryl methyl sites for hydroxylation is 1. The van der Waals surface area contributed by atoms with Crippen molar-refractivity contribution >= 4 is 11.6 Å². The average molecular weight is 250 g/mol. The van der Waals surface area contributed by atoms with E-state index >= 15 is 0 Å². The maximum atomic E-state index is 11.6. The van der Waals surface area contributed by atoms with Gasteiger partial charge in [-0.05, 0) is 31.9 Å². The summed E-state index contributed by atoms with van der Waals surface area (Å²) in [6.45, 7) is 5.05. The highest BCUT2D eigenvalue weighted by atomic mass is 16.5. The molecule has 18 heavy (non-hydrogen) atoms. The molecule has 0 bridgehead atoms. The van der Waals surface area contributed by atoms with E-state index in [1.165, 1.54) is 0 Å². The highest BCUT2D eigenvalue weighted by Crippen LogP contribution is 2.12. The quantitative estimate of drug-likeness (QED) is 0.572. The Morgan fingerprint density at radius 1 is 1.39 bits per heavy atom. The van der Waals surface area contributed by atoms with Crippen molar-refractivity contribution in [2.45, 2.75) is 32.8 Å². The maximum absolute atomic E-state index is 11.6. The van der Waals surface area contributed by atoms with E-state index in [9.17, 15) is 4.79 Å². The van der Waals surface area contributed by atoms with Crippen LogP contribution in [0.1, 0.15) is 25.8 Å². The van der Waals surface area contributed by atoms with Crippen LogP contribution in [0.2, 0.25) is 0 Å². The summed E-state index contributed by atoms with van der Waals surface area (Å²) in [7, 11) is 0. The van der Waals surface area contributed by atoms with Gasteiger partial charge in [0.2, 0.25) is 5.91 Å². The molecule has 0 radical (unpaired) electrons. The van der Waals surface area contributed by atoms with E-state index in [0.717, 1.165) is 11.3 Å². The molecule has 3 N–H and O–H groups in total. The molecule has 1 aromatic carbocycles. The van der Waals surface area contributed by atoms with Gasteiger partial charge < -0.3 is 15.8 Å². The fourth-order valence-corrected chi connectivity index (χ4v) is 1.58. The number of carbonyl (C=O) groups is 1. The van der Waals surface area contributed by atoms with Crippen LogP contribution in [-0.2, 0) is 16.0 Å². The lowest BCUT2D eigenvalue weighted by molar-refractivity contribution is -0.121. The van der Waals surface area contributed by atoms with Crippen LogP contribution in [0.25, 0.3) is 0 Å². The number of rotatable bonds is 7. The van der Waals surface area contributed by atoms with Gasteiger partial charge in [0.1, 0.15) is 0 Å². The summed E-state index contributed by atoms with van der Waals surface area (Å²) in [6, 6.07) is 7.62. The van der Waals surface area contributed by atoms with Gasteiger partial charge in [0.15, 0.2) is 0 Å². The lowest BCUT2D eigenvalue weighted by atomic mass is 10.1. The van der Waals surface area contributed by atoms with Gasteiger partial charge in [0, 0.05) is 18.7 Å². The zero-order valence-electron chi connectivity index (χ0n) is 11.1. The monoisotopic (exact) mass is 250 g/mol. The van der Waals surface area contributed by atoms with E-state index < -0.39 is 0 Å². The van der Waals surface area contributed by atoms with Gasteiger partial charge in [-0.25, -0.2) is 0 Å². The van der Waals surface area contributed by atoms with Crippen molar-refractivity contribution < 1.29 is 9.53 Å². The van der Waals surface area contributed by atoms with Gasteiger partial charge in [0.05, 0.1) is 12.7 Å². The molecule has 0 aromatic heterocycles. The second kappa shape index (κ2) is 7.71. The molecule has 0 atom stereocenters. The Morgan fingerprint density at radius 2 is 2.11 bits per heavy atom. The molecule has 1 rings (SSSR count). The number of para-hydroxylation sites is 1. The number of hydrogen-bond donors (Lipinski definition) is 2. The van der Waals surface area contributed by atoms with Crippen LogP contribution in [0.15, 0.2) is 24.3 Å². The Labute approximate surface area is 109 Å². The molecule has 0 heterocycles. The van der Waals surface area contributed by atoms with E-state index in [4.69, 9.17) is 10.5 Å². The number of hydrogen-bond acceptors (Lipinski definition) is 3. The standard InChI is InChI=1S/C14H22N2O2/c1-11(2)18-10-9-16-14(17)8-7-12-5-3-4-6-13(12)15/h3-6,11H,7-10,15H2,1-2H3,(H,16,17). The Hall–Kier alpha value is -1.55. The van der Waals surface area contributed by atoms with Crippen LogP contribution < -0.4 is 11.1 Å². The van der Waals surface area contributed by atoms with Crippen LogP contribution in [0, 0.1) is 0 Å². The molecule has 0 aliphatic heterocycles. The SMILES string of the molecule is CC(C)OCCNC(=O)CCc1ccccc1N. The second-order valence-corrected chi connectivity index (χ2v) is 4.47. The summed E-state index contributed by atoms with van der Waals surface area (Å²) < 4.78 is 5.34. The highest BCUT2D eigenvalue weighted by molar-refractivity contribution is 5.76. The van der Waals surface area contributed by atoms with E-state index in [2.05, 4.69) is 5.32 Å². The van der Waals surface area contributed by atoms with Crippen molar-refractivity contribution in [3.63, 3.8) is 0 Å². The number of nitrogens with two attached hydrogens (primary N) is 1. The summed E-state index contributed by atoms with van der Waals surface area (Å²) in [6.07, 6.45) is 1.32. The molecule has 0 aliphatic rings. The Balaban J connectivity index is 2.19. The van der Waals surface area contributed by atoms with Crippen LogP contribution in [-0.4, -0.2) is 25.2 Å². The third kappa shape index (κ3) is 5.68. The zero-order chi connectivity index (χ0) is 13.4. The van der Waals surface area contributed by atoms with Crippen LogP contribution in [0.5, 0.6) is 0 Å². The number of anilines is 1. The third-order valence-electron chi connectivity index (χ3n) is 2.55. The van der Waals surface area contributed by atoms with E-state index in [0.29, 0.717) is 26.0 Å². The molecule has 1 aromatic rings. The molecule has 0 unspecified atom stereocenters. The molecule has 4 heteroatoms. The molecule has 1 amide bonds. The molecule has 0 saturated carbocycles. The predicted molar refractivity (Wildman–Crippen MR) is 73.3 cm³/mol. The van der Waals surface area contributed by atoms with Crippen molar-refractivity contribution in [3.8, 4) is 0 Å². The molecule has 0 aliphatic carbocycles. The normalized spacial score (nSPS) is 10.6. The first-order valence-electron chi connectivity index (χ1n) is 6.31. The lowest BCUT2D eigenvalue weighted by Gasteiger charge is -2.09. The van der Waals surface area contributed by atoms with Crippen LogP contribution in [0.3, 0.4) is 0 Å². The molecule has 0 fully saturated rings. The topological polar surface area (TPSA) is 64.3 Å². The largest absolute Gasteiger partial charge is 0.399 e. The maximum Gasteiger partial charge on any atom is 0.220 e. The molecule has 4 nitrogen and oxygen atoms in total. The smallest absolute Gasteiger partial charge is 0.220 e. The van der Waals surface area contributed by atoms with Crippen molar-refractivity contribution in [2.24, 2.45) is 0 Å². The van der Waals surface area contributed by atoms with Gasteiger partial charge in [-0.2, -0.15) is 0 Å². The average Bonchev–Trinajstić information content (AvgIpc) is 2.33. The first kappa shape index (κ1) is 14.5. The van der Waals surface area contributed by atoms with Gasteiger partial charge in [-0.15, -0.1) is 0 Å². The minimum Gasteiger partial charge on any atom is -0.399 e. The Kier molecular flexibility index (Phi) is 6.22. The van der Waals surface area contributed by atoms with Gasteiger partial charge in [-0.3, -0.25) is 4.79 Å². The minimum atomic E-state index is 0.0330. The molecule has 0 spiro atoms. The first-order chi connectivity index (χ1) is 8.59. The molecular weight excluding hydrogens is 228 g/mol. The number of benzene rings is 1. The fraction of sp³-hybridized carbons (Fsp3) is 0.500. The van der Waals surface area contributed by atoms with E-state index in [-0.39, 0.29) is 12.0 Å². The number of carbonyl (C=O) groups excluding carboxylic acids is 1. The Bertz CT molecular complexity index is 378. The summed E-state index contributed by atoms with van der Waals surface area (Å²) in [5.41, 5.74) is 7.57. The van der Waals surface area contributed by atoms with Crippen LogP contribution in [0.4, 0.5) is 5.69 Å². The Morgan fingerprint density at radius 3 is 2.78 bits per heavy atom. The summed E-state index contributed by atoms with van der Waals surface area (Å²) >= 11 is 0. The van der Waals surface area contributed by atoms with Gasteiger partial charge in [0.25, 0.3) is 0 Å². The number of nitrogens with one attached hydrogen (secondary N) is 1. The third-order valence-corrected chi connectivity index (χ3v) is 2.55. The van der Waals surface area contributed by atoms with Gasteiger partial charge in [-0.1, -0.05) is 18.2 Å². The number of nitrogen functional groups attached to an aromatic ring is 1.